The second kappa shape index (κ2) is 17.0. The molecular weight excluding hydrogens is 797 g/mol. The third-order valence-corrected chi connectivity index (χ3v) is 12.4. The summed E-state index contributed by atoms with van der Waals surface area (Å²) in [4.78, 5) is 24.6. The number of benzene rings is 2. The second-order valence-electron chi connectivity index (χ2n) is 16.7. The Hall–Kier alpha value is -5.50. The molecule has 18 nitrogen and oxygen atoms in total. The summed E-state index contributed by atoms with van der Waals surface area (Å²) in [6, 6.07) is 11.8. The van der Waals surface area contributed by atoms with Gasteiger partial charge in [0.05, 0.1) is 73.9 Å². The number of hydrogen-bond acceptors (Lipinski definition) is 18. The Bertz CT molecular complexity index is 2410. The molecule has 4 aliphatic rings. The van der Waals surface area contributed by atoms with Crippen LogP contribution in [-0.4, -0.2) is 109 Å². The van der Waals surface area contributed by atoms with Crippen LogP contribution in [0.15, 0.2) is 45.4 Å². The number of methoxy groups -OCH3 is 2. The molecule has 4 N–H and O–H groups in total. The van der Waals surface area contributed by atoms with Gasteiger partial charge in [-0.3, -0.25) is 0 Å². The number of hydrogen-bond donors (Lipinski definition) is 2. The highest BCUT2D eigenvalue weighted by molar-refractivity contribution is 5.91. The molecule has 8 heterocycles. The van der Waals surface area contributed by atoms with Crippen molar-refractivity contribution in [3.05, 3.63) is 58.9 Å². The zero-order valence-electron chi connectivity index (χ0n) is 36.1. The molecule has 0 unspecified atom stereocenters. The Kier molecular flexibility index (Phi) is 11.5. The standard InChI is InChI=1S/2C22H27N5O4/c2*1-13-11-29-9-7-27(13)21-16-12-30-22(2,6-8-28-3)18(16)24-20(25-21)14-4-5-17-15(10-14)19(23)26-31-17/h2*4-5,10,13H,6-9,11-12H2,1-3H3,(H2,23,26)/t13-,22+;13-,22-/m00/s1. The van der Waals surface area contributed by atoms with Crippen LogP contribution in [0.25, 0.3) is 44.7 Å². The topological polar surface area (TPSA) is 218 Å². The third kappa shape index (κ3) is 7.68. The molecule has 4 aliphatic heterocycles. The van der Waals surface area contributed by atoms with Crippen LogP contribution in [0, 0.1) is 0 Å². The Balaban J connectivity index is 0.000000158. The van der Waals surface area contributed by atoms with Crippen LogP contribution in [0.2, 0.25) is 0 Å². The SMILES string of the molecule is COCC[C@@]1(C)OCc2c(N3CCOC[C@@H]3C)nc(-c3ccc4onc(N)c4c3)nc21.COCC[C@]1(C)OCc2c(N3CCOC[C@@H]3C)nc(-c3ccc4onc(N)c4c3)nc21. The third-order valence-electron chi connectivity index (χ3n) is 12.4. The molecule has 2 aromatic carbocycles. The van der Waals surface area contributed by atoms with Crippen molar-refractivity contribution in [2.75, 3.05) is 88.2 Å². The Morgan fingerprint density at radius 3 is 1.50 bits per heavy atom. The first kappa shape index (κ1) is 41.8. The van der Waals surface area contributed by atoms with Gasteiger partial charge in [-0.25, -0.2) is 19.9 Å². The van der Waals surface area contributed by atoms with E-state index in [1.165, 1.54) is 0 Å². The van der Waals surface area contributed by atoms with Crippen LogP contribution in [0.4, 0.5) is 23.3 Å². The molecule has 0 radical (unpaired) electrons. The molecular formula is C44H54N10O8. The number of nitrogens with two attached hydrogens (primary N) is 2. The molecule has 4 atom stereocenters. The van der Waals surface area contributed by atoms with Crippen LogP contribution in [-0.2, 0) is 52.8 Å². The summed E-state index contributed by atoms with van der Waals surface area (Å²) in [5, 5.41) is 9.21. The quantitative estimate of drug-likeness (QED) is 0.168. The minimum atomic E-state index is -0.534. The number of rotatable bonds is 10. The molecule has 328 valence electrons. The van der Waals surface area contributed by atoms with Gasteiger partial charge in [0.1, 0.15) is 22.8 Å². The normalized spacial score (nSPS) is 23.5. The highest BCUT2D eigenvalue weighted by Gasteiger charge is 2.43. The molecule has 6 aromatic rings. The van der Waals surface area contributed by atoms with Crippen LogP contribution in [0.5, 0.6) is 0 Å². The average molecular weight is 851 g/mol. The summed E-state index contributed by atoms with van der Waals surface area (Å²) in [7, 11) is 3.40. The van der Waals surface area contributed by atoms with Crippen molar-refractivity contribution in [2.24, 2.45) is 0 Å². The molecule has 10 rings (SSSR count). The lowest BCUT2D eigenvalue weighted by Gasteiger charge is -2.35. The molecule has 0 amide bonds. The van der Waals surface area contributed by atoms with Crippen LogP contribution in [0.1, 0.15) is 63.1 Å². The maximum atomic E-state index is 6.26. The summed E-state index contributed by atoms with van der Waals surface area (Å²) >= 11 is 0. The predicted octanol–water partition coefficient (Wildman–Crippen LogP) is 5.75. The van der Waals surface area contributed by atoms with E-state index in [-0.39, 0.29) is 12.1 Å². The van der Waals surface area contributed by atoms with E-state index in [1.54, 1.807) is 14.2 Å². The second-order valence-corrected chi connectivity index (χ2v) is 16.7. The van der Waals surface area contributed by atoms with Gasteiger partial charge in [-0.2, -0.15) is 0 Å². The summed E-state index contributed by atoms with van der Waals surface area (Å²) in [5.41, 5.74) is 17.8. The van der Waals surface area contributed by atoms with E-state index in [9.17, 15) is 0 Å². The predicted molar refractivity (Wildman–Crippen MR) is 231 cm³/mol. The number of ether oxygens (including phenoxy) is 6. The Morgan fingerprint density at radius 2 is 1.10 bits per heavy atom. The van der Waals surface area contributed by atoms with Crippen LogP contribution < -0.4 is 21.3 Å². The van der Waals surface area contributed by atoms with Crippen molar-refractivity contribution < 1.29 is 37.5 Å². The molecule has 2 saturated heterocycles. The first-order chi connectivity index (χ1) is 30.0. The number of nitrogen functional groups attached to an aromatic ring is 2. The van der Waals surface area contributed by atoms with Crippen LogP contribution in [0.3, 0.4) is 0 Å². The maximum absolute atomic E-state index is 6.26. The first-order valence-corrected chi connectivity index (χ1v) is 21.1. The Morgan fingerprint density at radius 1 is 0.661 bits per heavy atom. The van der Waals surface area contributed by atoms with Crippen molar-refractivity contribution in [1.82, 2.24) is 30.2 Å². The van der Waals surface area contributed by atoms with Gasteiger partial charge in [0.25, 0.3) is 0 Å². The van der Waals surface area contributed by atoms with Crippen molar-refractivity contribution >= 4 is 45.2 Å². The fourth-order valence-corrected chi connectivity index (χ4v) is 8.67. The molecule has 0 spiro atoms. The largest absolute Gasteiger partial charge is 0.385 e. The lowest BCUT2D eigenvalue weighted by molar-refractivity contribution is -0.0450. The minimum Gasteiger partial charge on any atom is -0.385 e. The highest BCUT2D eigenvalue weighted by atomic mass is 16.5. The molecule has 0 bridgehead atoms. The van der Waals surface area contributed by atoms with Crippen molar-refractivity contribution in [3.8, 4) is 22.8 Å². The fraction of sp³-hybridized carbons (Fsp3) is 0.500. The molecule has 2 fully saturated rings. The summed E-state index contributed by atoms with van der Waals surface area (Å²) in [6.07, 6.45) is 1.42. The van der Waals surface area contributed by atoms with Crippen LogP contribution >= 0.6 is 0 Å². The summed E-state index contributed by atoms with van der Waals surface area (Å²) < 4.78 is 45.0. The van der Waals surface area contributed by atoms with Gasteiger partial charge in [0.15, 0.2) is 34.5 Å². The molecule has 4 aromatic heterocycles. The number of aromatic nitrogens is 6. The average Bonchev–Trinajstić information content (AvgIpc) is 4.05. The zero-order valence-corrected chi connectivity index (χ0v) is 36.1. The smallest absolute Gasteiger partial charge is 0.174 e. The number of anilines is 4. The van der Waals surface area contributed by atoms with E-state index in [2.05, 4.69) is 47.8 Å². The molecule has 62 heavy (non-hydrogen) atoms. The van der Waals surface area contributed by atoms with E-state index < -0.39 is 11.2 Å². The van der Waals surface area contributed by atoms with Gasteiger partial charge in [0.2, 0.25) is 0 Å². The van der Waals surface area contributed by atoms with Gasteiger partial charge in [-0.15, -0.1) is 0 Å². The lowest BCUT2D eigenvalue weighted by atomic mass is 9.96. The molecule has 18 heteroatoms. The first-order valence-electron chi connectivity index (χ1n) is 21.1. The van der Waals surface area contributed by atoms with Gasteiger partial charge < -0.3 is 58.7 Å². The van der Waals surface area contributed by atoms with E-state index in [1.807, 2.05) is 36.4 Å². The maximum Gasteiger partial charge on any atom is 0.174 e. The molecule has 0 saturated carbocycles. The van der Waals surface area contributed by atoms with Gasteiger partial charge in [0, 0.05) is 75.6 Å². The van der Waals surface area contributed by atoms with Crippen molar-refractivity contribution in [1.29, 1.82) is 0 Å². The minimum absolute atomic E-state index is 0.211. The molecule has 0 aliphatic carbocycles. The van der Waals surface area contributed by atoms with E-state index in [0.717, 1.165) is 69.1 Å². The number of morpholine rings is 2. The highest BCUT2D eigenvalue weighted by Crippen LogP contribution is 2.45. The monoisotopic (exact) mass is 850 g/mol. The fourth-order valence-electron chi connectivity index (χ4n) is 8.67. The van der Waals surface area contributed by atoms with E-state index in [0.29, 0.717) is 100 Å². The van der Waals surface area contributed by atoms with Crippen molar-refractivity contribution in [2.45, 2.75) is 77.0 Å². The lowest BCUT2D eigenvalue weighted by Crippen LogP contribution is -2.44. The number of nitrogens with zero attached hydrogens (tertiary/aromatic N) is 8. The van der Waals surface area contributed by atoms with Crippen molar-refractivity contribution in [3.63, 3.8) is 0 Å². The van der Waals surface area contributed by atoms with E-state index >= 15 is 0 Å². The van der Waals surface area contributed by atoms with E-state index in [4.69, 9.17) is 68.9 Å². The Labute approximate surface area is 359 Å². The summed E-state index contributed by atoms with van der Waals surface area (Å²) in [6.45, 7) is 14.8. The van der Waals surface area contributed by atoms with Gasteiger partial charge in [-0.05, 0) is 64.1 Å². The zero-order chi connectivity index (χ0) is 43.2. The summed E-state index contributed by atoms with van der Waals surface area (Å²) in [5.74, 6) is 3.79. The van der Waals surface area contributed by atoms with Gasteiger partial charge >= 0.3 is 0 Å². The van der Waals surface area contributed by atoms with Gasteiger partial charge in [-0.1, -0.05) is 10.3 Å². The number of fused-ring (bicyclic) bond motifs is 4.